The van der Waals surface area contributed by atoms with E-state index in [4.69, 9.17) is 9.47 Å². The van der Waals surface area contributed by atoms with E-state index in [1.807, 2.05) is 5.32 Å². The molecule has 2 N–H and O–H groups in total. The van der Waals surface area contributed by atoms with Crippen molar-refractivity contribution in [2.45, 2.75) is 0 Å². The van der Waals surface area contributed by atoms with Gasteiger partial charge in [-0.2, -0.15) is 0 Å². The molecule has 1 saturated heterocycles. The van der Waals surface area contributed by atoms with Gasteiger partial charge < -0.3 is 19.3 Å². The topological polar surface area (TPSA) is 94.1 Å². The molecule has 1 aliphatic rings. The van der Waals surface area contributed by atoms with Crippen LogP contribution < -0.4 is 14.8 Å². The van der Waals surface area contributed by atoms with Gasteiger partial charge in [0.15, 0.2) is 5.76 Å². The van der Waals surface area contributed by atoms with Crippen molar-refractivity contribution in [3.05, 3.63) is 23.5 Å². The smallest absolute Gasteiger partial charge is 0.419 e. The molecule has 19 heavy (non-hydrogen) atoms. The van der Waals surface area contributed by atoms with Crippen LogP contribution in [-0.2, 0) is 9.53 Å². The predicted molar refractivity (Wildman–Crippen MR) is 63.8 cm³/mol. The van der Waals surface area contributed by atoms with E-state index in [-0.39, 0.29) is 22.8 Å². The van der Waals surface area contributed by atoms with Gasteiger partial charge in [-0.15, -0.1) is 0 Å². The number of hydrogen-bond donors (Lipinski definition) is 2. The molecule has 1 heterocycles. The van der Waals surface area contributed by atoms with Crippen molar-refractivity contribution in [3.63, 3.8) is 0 Å². The standard InChI is InChI=1S/C12H11NO6/c1-17-6-3-8(14)7(9(4-6)18-2)5-10-11(15)13-12(16)19-10/h3-5,14H,1-2H3,(H,13,15,16)/b10-5-. The number of rotatable bonds is 3. The predicted octanol–water partition coefficient (Wildman–Crippen LogP) is 1.02. The molecule has 100 valence electrons. The van der Waals surface area contributed by atoms with E-state index in [9.17, 15) is 14.7 Å². The molecule has 7 nitrogen and oxygen atoms in total. The van der Waals surface area contributed by atoms with Crippen LogP contribution in [0, 0.1) is 0 Å². The van der Waals surface area contributed by atoms with Crippen LogP contribution in [0.3, 0.4) is 0 Å². The Balaban J connectivity index is 2.48. The average Bonchev–Trinajstić information content (AvgIpc) is 2.69. The van der Waals surface area contributed by atoms with Crippen LogP contribution in [0.25, 0.3) is 6.08 Å². The molecule has 1 aromatic carbocycles. The maximum atomic E-state index is 11.4. The second-order valence-corrected chi connectivity index (χ2v) is 3.61. The summed E-state index contributed by atoms with van der Waals surface area (Å²) >= 11 is 0. The molecule has 1 aliphatic heterocycles. The largest absolute Gasteiger partial charge is 0.507 e. The lowest BCUT2D eigenvalue weighted by Gasteiger charge is -2.09. The highest BCUT2D eigenvalue weighted by Gasteiger charge is 2.27. The highest BCUT2D eigenvalue weighted by Crippen LogP contribution is 2.35. The van der Waals surface area contributed by atoms with Crippen LogP contribution in [0.5, 0.6) is 17.2 Å². The maximum Gasteiger partial charge on any atom is 0.419 e. The van der Waals surface area contributed by atoms with Crippen LogP contribution >= 0.6 is 0 Å². The summed E-state index contributed by atoms with van der Waals surface area (Å²) in [4.78, 5) is 22.2. The van der Waals surface area contributed by atoms with Crippen molar-refractivity contribution in [2.24, 2.45) is 0 Å². The number of methoxy groups -OCH3 is 2. The number of alkyl carbamates (subject to hydrolysis) is 1. The van der Waals surface area contributed by atoms with Gasteiger partial charge in [-0.25, -0.2) is 4.79 Å². The minimum atomic E-state index is -0.858. The number of carbonyl (C=O) groups excluding carboxylic acids is 2. The maximum absolute atomic E-state index is 11.4. The van der Waals surface area contributed by atoms with Gasteiger partial charge in [-0.05, 0) is 0 Å². The Morgan fingerprint density at radius 1 is 1.26 bits per heavy atom. The van der Waals surface area contributed by atoms with Gasteiger partial charge in [0.05, 0.1) is 19.8 Å². The molecule has 2 rings (SSSR count). The summed E-state index contributed by atoms with van der Waals surface area (Å²) in [6.07, 6.45) is 0.358. The molecule has 0 atom stereocenters. The summed E-state index contributed by atoms with van der Waals surface area (Å²) in [5.74, 6) is -0.394. The first-order valence-electron chi connectivity index (χ1n) is 5.25. The second-order valence-electron chi connectivity index (χ2n) is 3.61. The summed E-state index contributed by atoms with van der Waals surface area (Å²) in [7, 11) is 2.84. The summed E-state index contributed by atoms with van der Waals surface area (Å²) < 4.78 is 14.7. The van der Waals surface area contributed by atoms with E-state index in [1.54, 1.807) is 0 Å². The minimum absolute atomic E-state index is 0.167. The molecule has 0 bridgehead atoms. The van der Waals surface area contributed by atoms with Crippen molar-refractivity contribution < 1.29 is 28.9 Å². The molecule has 0 radical (unpaired) electrons. The number of hydrogen-bond acceptors (Lipinski definition) is 6. The van der Waals surface area contributed by atoms with Crippen molar-refractivity contribution in [2.75, 3.05) is 14.2 Å². The lowest BCUT2D eigenvalue weighted by molar-refractivity contribution is -0.116. The fraction of sp³-hybridized carbons (Fsp3) is 0.167. The molecule has 0 saturated carbocycles. The number of amides is 2. The lowest BCUT2D eigenvalue weighted by atomic mass is 10.1. The number of benzene rings is 1. The van der Waals surface area contributed by atoms with Crippen molar-refractivity contribution in [1.82, 2.24) is 5.32 Å². The number of cyclic esters (lactones) is 1. The van der Waals surface area contributed by atoms with Gasteiger partial charge in [0.1, 0.15) is 17.2 Å². The van der Waals surface area contributed by atoms with Crippen LogP contribution in [0.4, 0.5) is 4.79 Å². The van der Waals surface area contributed by atoms with Gasteiger partial charge in [0.25, 0.3) is 5.91 Å². The Morgan fingerprint density at radius 2 is 2.00 bits per heavy atom. The first-order chi connectivity index (χ1) is 9.05. The van der Waals surface area contributed by atoms with Gasteiger partial charge in [-0.1, -0.05) is 0 Å². The Morgan fingerprint density at radius 3 is 2.53 bits per heavy atom. The van der Waals surface area contributed by atoms with Gasteiger partial charge in [0, 0.05) is 18.2 Å². The number of aromatic hydroxyl groups is 1. The molecule has 0 aliphatic carbocycles. The number of imide groups is 1. The highest BCUT2D eigenvalue weighted by atomic mass is 16.6. The number of phenolic OH excluding ortho intramolecular Hbond substituents is 1. The fourth-order valence-corrected chi connectivity index (χ4v) is 1.57. The first kappa shape index (κ1) is 12.7. The molecule has 2 amide bonds. The van der Waals surface area contributed by atoms with E-state index >= 15 is 0 Å². The lowest BCUT2D eigenvalue weighted by Crippen LogP contribution is -2.18. The Labute approximate surface area is 108 Å². The summed E-state index contributed by atoms with van der Waals surface area (Å²) in [6, 6.07) is 2.88. The normalized spacial score (nSPS) is 16.2. The molecule has 1 aromatic rings. The van der Waals surface area contributed by atoms with E-state index in [0.717, 1.165) is 0 Å². The SMILES string of the molecule is COc1cc(O)c(/C=C2\OC(=O)NC2=O)c(OC)c1. The highest BCUT2D eigenvalue weighted by molar-refractivity contribution is 6.10. The van der Waals surface area contributed by atoms with Crippen LogP contribution in [-0.4, -0.2) is 31.3 Å². The molecule has 0 unspecified atom stereocenters. The zero-order chi connectivity index (χ0) is 14.0. The summed E-state index contributed by atoms with van der Waals surface area (Å²) in [6.45, 7) is 0. The third kappa shape index (κ3) is 2.44. The van der Waals surface area contributed by atoms with Crippen molar-refractivity contribution in [3.8, 4) is 17.2 Å². The number of ether oxygens (including phenoxy) is 3. The van der Waals surface area contributed by atoms with Crippen LogP contribution in [0.1, 0.15) is 5.56 Å². The second kappa shape index (κ2) is 4.89. The third-order valence-corrected chi connectivity index (χ3v) is 2.47. The van der Waals surface area contributed by atoms with Gasteiger partial charge in [-0.3, -0.25) is 10.1 Å². The summed E-state index contributed by atoms with van der Waals surface area (Å²) in [5, 5.41) is 11.8. The summed E-state index contributed by atoms with van der Waals surface area (Å²) in [5.41, 5.74) is 0.211. The van der Waals surface area contributed by atoms with Crippen molar-refractivity contribution in [1.29, 1.82) is 0 Å². The fourth-order valence-electron chi connectivity index (χ4n) is 1.57. The first-order valence-corrected chi connectivity index (χ1v) is 5.25. The van der Waals surface area contributed by atoms with E-state index in [1.165, 1.54) is 32.4 Å². The van der Waals surface area contributed by atoms with Crippen molar-refractivity contribution >= 4 is 18.1 Å². The molecular weight excluding hydrogens is 254 g/mol. The Kier molecular flexibility index (Phi) is 3.28. The number of nitrogens with one attached hydrogen (secondary N) is 1. The van der Waals surface area contributed by atoms with E-state index in [2.05, 4.69) is 4.74 Å². The Bertz CT molecular complexity index is 578. The van der Waals surface area contributed by atoms with Gasteiger partial charge >= 0.3 is 6.09 Å². The van der Waals surface area contributed by atoms with E-state index < -0.39 is 12.0 Å². The zero-order valence-corrected chi connectivity index (χ0v) is 10.2. The zero-order valence-electron chi connectivity index (χ0n) is 10.2. The molecule has 0 spiro atoms. The molecular formula is C12H11NO6. The van der Waals surface area contributed by atoms with E-state index in [0.29, 0.717) is 5.75 Å². The average molecular weight is 265 g/mol. The third-order valence-electron chi connectivity index (χ3n) is 2.47. The minimum Gasteiger partial charge on any atom is -0.507 e. The molecule has 7 heteroatoms. The van der Waals surface area contributed by atoms with Crippen LogP contribution in [0.2, 0.25) is 0 Å². The molecule has 1 fully saturated rings. The van der Waals surface area contributed by atoms with Crippen LogP contribution in [0.15, 0.2) is 17.9 Å². The Hall–Kier alpha value is -2.70. The quantitative estimate of drug-likeness (QED) is 0.792. The molecule has 0 aromatic heterocycles. The number of phenols is 1. The van der Waals surface area contributed by atoms with Gasteiger partial charge in [0.2, 0.25) is 0 Å². The monoisotopic (exact) mass is 265 g/mol. The number of carbonyl (C=O) groups is 2.